The molecule has 0 aliphatic rings. The SMILES string of the molecule is CC(NCCN(C(C)C)C(C)C)c1ccc(F)c(Cl)c1. The summed E-state index contributed by atoms with van der Waals surface area (Å²) in [5.41, 5.74) is 1.01. The summed E-state index contributed by atoms with van der Waals surface area (Å²) in [5.74, 6) is -0.367. The minimum absolute atomic E-state index is 0.161. The Morgan fingerprint density at radius 2 is 1.75 bits per heavy atom. The van der Waals surface area contributed by atoms with Gasteiger partial charge in [0.25, 0.3) is 0 Å². The van der Waals surface area contributed by atoms with Crippen LogP contribution in [-0.2, 0) is 0 Å². The van der Waals surface area contributed by atoms with E-state index in [1.807, 2.05) is 0 Å². The van der Waals surface area contributed by atoms with Gasteiger partial charge in [-0.25, -0.2) is 4.39 Å². The lowest BCUT2D eigenvalue weighted by Gasteiger charge is -2.31. The second-order valence-electron chi connectivity index (χ2n) is 5.77. The van der Waals surface area contributed by atoms with Gasteiger partial charge in [0.1, 0.15) is 5.82 Å². The van der Waals surface area contributed by atoms with Crippen molar-refractivity contribution >= 4 is 11.6 Å². The zero-order valence-electron chi connectivity index (χ0n) is 13.1. The Morgan fingerprint density at radius 1 is 1.15 bits per heavy atom. The third-order valence-corrected chi connectivity index (χ3v) is 3.88. The van der Waals surface area contributed by atoms with Crippen molar-refractivity contribution in [3.8, 4) is 0 Å². The number of hydrogen-bond donors (Lipinski definition) is 1. The average Bonchev–Trinajstić information content (AvgIpc) is 2.36. The molecule has 4 heteroatoms. The summed E-state index contributed by atoms with van der Waals surface area (Å²) in [6, 6.07) is 6.12. The van der Waals surface area contributed by atoms with Gasteiger partial charge >= 0.3 is 0 Å². The van der Waals surface area contributed by atoms with Gasteiger partial charge in [-0.15, -0.1) is 0 Å². The fourth-order valence-electron chi connectivity index (χ4n) is 2.42. The Bertz CT molecular complexity index is 413. The van der Waals surface area contributed by atoms with E-state index in [0.717, 1.165) is 18.7 Å². The molecule has 1 N–H and O–H groups in total. The third kappa shape index (κ3) is 5.04. The second-order valence-corrected chi connectivity index (χ2v) is 6.18. The van der Waals surface area contributed by atoms with Crippen molar-refractivity contribution in [2.75, 3.05) is 13.1 Å². The first-order valence-corrected chi connectivity index (χ1v) is 7.64. The average molecular weight is 301 g/mol. The van der Waals surface area contributed by atoms with Crippen LogP contribution in [0.25, 0.3) is 0 Å². The molecule has 0 heterocycles. The van der Waals surface area contributed by atoms with E-state index in [4.69, 9.17) is 11.6 Å². The molecule has 0 bridgehead atoms. The second kappa shape index (κ2) is 7.96. The van der Waals surface area contributed by atoms with Crippen LogP contribution >= 0.6 is 11.6 Å². The van der Waals surface area contributed by atoms with E-state index < -0.39 is 0 Å². The van der Waals surface area contributed by atoms with Gasteiger partial charge in [0.05, 0.1) is 5.02 Å². The number of benzene rings is 1. The van der Waals surface area contributed by atoms with Gasteiger partial charge in [-0.05, 0) is 52.3 Å². The highest BCUT2D eigenvalue weighted by Crippen LogP contribution is 2.20. The molecule has 0 aliphatic carbocycles. The molecule has 0 aliphatic heterocycles. The van der Waals surface area contributed by atoms with E-state index in [9.17, 15) is 4.39 Å². The molecular weight excluding hydrogens is 275 g/mol. The lowest BCUT2D eigenvalue weighted by atomic mass is 10.1. The maximum Gasteiger partial charge on any atom is 0.141 e. The first kappa shape index (κ1) is 17.4. The van der Waals surface area contributed by atoms with Crippen LogP contribution in [0.5, 0.6) is 0 Å². The lowest BCUT2D eigenvalue weighted by Crippen LogP contribution is -2.41. The molecule has 0 amide bonds. The van der Waals surface area contributed by atoms with Gasteiger partial charge in [0.15, 0.2) is 0 Å². The molecule has 2 nitrogen and oxygen atoms in total. The van der Waals surface area contributed by atoms with Crippen molar-refractivity contribution in [3.63, 3.8) is 0 Å². The molecule has 0 radical (unpaired) electrons. The van der Waals surface area contributed by atoms with Crippen molar-refractivity contribution in [2.24, 2.45) is 0 Å². The van der Waals surface area contributed by atoms with E-state index >= 15 is 0 Å². The van der Waals surface area contributed by atoms with Crippen molar-refractivity contribution < 1.29 is 4.39 Å². The molecule has 114 valence electrons. The molecule has 1 atom stereocenters. The quantitative estimate of drug-likeness (QED) is 0.810. The number of rotatable bonds is 7. The lowest BCUT2D eigenvalue weighted by molar-refractivity contribution is 0.174. The normalized spacial score (nSPS) is 13.5. The summed E-state index contributed by atoms with van der Waals surface area (Å²) in [7, 11) is 0. The molecule has 20 heavy (non-hydrogen) atoms. The molecule has 0 aromatic heterocycles. The Labute approximate surface area is 127 Å². The van der Waals surface area contributed by atoms with Crippen LogP contribution in [-0.4, -0.2) is 30.1 Å². The molecule has 1 aromatic rings. The van der Waals surface area contributed by atoms with Crippen molar-refractivity contribution in [1.82, 2.24) is 10.2 Å². The topological polar surface area (TPSA) is 15.3 Å². The van der Waals surface area contributed by atoms with Crippen molar-refractivity contribution in [1.29, 1.82) is 0 Å². The molecular formula is C16H26ClFN2. The summed E-state index contributed by atoms with van der Waals surface area (Å²) in [4.78, 5) is 2.44. The summed E-state index contributed by atoms with van der Waals surface area (Å²) in [6.45, 7) is 12.8. The van der Waals surface area contributed by atoms with Gasteiger partial charge in [0.2, 0.25) is 0 Å². The zero-order chi connectivity index (χ0) is 15.3. The van der Waals surface area contributed by atoms with Crippen LogP contribution in [0.3, 0.4) is 0 Å². The standard InChI is InChI=1S/C16H26ClFN2/c1-11(2)20(12(3)4)9-8-19-13(5)14-6-7-16(18)15(17)10-14/h6-7,10-13,19H,8-9H2,1-5H3. The molecule has 0 saturated carbocycles. The van der Waals surface area contributed by atoms with Crippen LogP contribution in [0.2, 0.25) is 5.02 Å². The Kier molecular flexibility index (Phi) is 6.93. The van der Waals surface area contributed by atoms with Gasteiger partial charge in [-0.1, -0.05) is 17.7 Å². The molecule has 0 spiro atoms. The van der Waals surface area contributed by atoms with Crippen LogP contribution < -0.4 is 5.32 Å². The Morgan fingerprint density at radius 3 is 2.25 bits per heavy atom. The highest BCUT2D eigenvalue weighted by atomic mass is 35.5. The Hall–Kier alpha value is -0.640. The van der Waals surface area contributed by atoms with Crippen LogP contribution in [0.1, 0.15) is 46.2 Å². The third-order valence-electron chi connectivity index (χ3n) is 3.59. The van der Waals surface area contributed by atoms with E-state index in [-0.39, 0.29) is 16.9 Å². The molecule has 1 aromatic carbocycles. The van der Waals surface area contributed by atoms with Crippen LogP contribution in [0.4, 0.5) is 4.39 Å². The first-order chi connectivity index (χ1) is 9.32. The summed E-state index contributed by atoms with van der Waals surface area (Å²) >= 11 is 5.81. The number of hydrogen-bond acceptors (Lipinski definition) is 2. The summed E-state index contributed by atoms with van der Waals surface area (Å²) in [6.07, 6.45) is 0. The smallest absolute Gasteiger partial charge is 0.141 e. The summed E-state index contributed by atoms with van der Waals surface area (Å²) in [5, 5.41) is 3.65. The molecule has 1 unspecified atom stereocenters. The molecule has 0 saturated heterocycles. The van der Waals surface area contributed by atoms with Gasteiger partial charge in [-0.2, -0.15) is 0 Å². The largest absolute Gasteiger partial charge is 0.309 e. The molecule has 1 rings (SSSR count). The predicted octanol–water partition coefficient (Wildman–Crippen LogP) is 4.25. The van der Waals surface area contributed by atoms with Gasteiger partial charge < -0.3 is 5.32 Å². The predicted molar refractivity (Wildman–Crippen MR) is 84.8 cm³/mol. The van der Waals surface area contributed by atoms with E-state index in [2.05, 4.69) is 44.8 Å². The first-order valence-electron chi connectivity index (χ1n) is 7.27. The van der Waals surface area contributed by atoms with E-state index in [1.165, 1.54) is 6.07 Å². The summed E-state index contributed by atoms with van der Waals surface area (Å²) < 4.78 is 13.1. The number of halogens is 2. The minimum atomic E-state index is -0.367. The maximum atomic E-state index is 13.1. The van der Waals surface area contributed by atoms with Crippen LogP contribution in [0.15, 0.2) is 18.2 Å². The molecule has 0 fully saturated rings. The van der Waals surface area contributed by atoms with Crippen molar-refractivity contribution in [3.05, 3.63) is 34.6 Å². The van der Waals surface area contributed by atoms with E-state index in [0.29, 0.717) is 12.1 Å². The van der Waals surface area contributed by atoms with Crippen molar-refractivity contribution in [2.45, 2.75) is 52.7 Å². The van der Waals surface area contributed by atoms with E-state index in [1.54, 1.807) is 12.1 Å². The minimum Gasteiger partial charge on any atom is -0.309 e. The monoisotopic (exact) mass is 300 g/mol. The van der Waals surface area contributed by atoms with Gasteiger partial charge in [-0.3, -0.25) is 4.90 Å². The highest BCUT2D eigenvalue weighted by Gasteiger charge is 2.13. The Balaban J connectivity index is 2.50. The zero-order valence-corrected chi connectivity index (χ0v) is 13.8. The van der Waals surface area contributed by atoms with Gasteiger partial charge in [0, 0.05) is 31.2 Å². The number of nitrogens with one attached hydrogen (secondary N) is 1. The fraction of sp³-hybridized carbons (Fsp3) is 0.625. The maximum absolute atomic E-state index is 13.1. The van der Waals surface area contributed by atoms with Crippen LogP contribution in [0, 0.1) is 5.82 Å². The highest BCUT2D eigenvalue weighted by molar-refractivity contribution is 6.30. The fourth-order valence-corrected chi connectivity index (χ4v) is 2.61. The number of nitrogens with zero attached hydrogens (tertiary/aromatic N) is 1.